The first-order valence-corrected chi connectivity index (χ1v) is 9.47. The van der Waals surface area contributed by atoms with Gasteiger partial charge in [-0.15, -0.1) is 23.2 Å². The van der Waals surface area contributed by atoms with E-state index < -0.39 is 4.33 Å². The Balaban J connectivity index is 1.37. The largest absolute Gasteiger partial charge is 0.326 e. The van der Waals surface area contributed by atoms with E-state index in [1.807, 2.05) is 24.3 Å². The number of halogens is 3. The number of hydrogen-bond donors (Lipinski definition) is 1. The van der Waals surface area contributed by atoms with Gasteiger partial charge in [0.2, 0.25) is 5.91 Å². The number of rotatable bonds is 2. The Hall–Kier alpha value is -0.250. The molecule has 3 saturated carbocycles. The Morgan fingerprint density at radius 1 is 1.05 bits per heavy atom. The molecule has 1 unspecified atom stereocenters. The van der Waals surface area contributed by atoms with Crippen LogP contribution in [0, 0.1) is 29.6 Å². The number of amides is 1. The summed E-state index contributed by atoms with van der Waals surface area (Å²) < 4.78 is 0.537. The van der Waals surface area contributed by atoms with Crippen LogP contribution in [0.1, 0.15) is 25.7 Å². The average Bonchev–Trinajstić information content (AvgIpc) is 3.26. The molecule has 0 bridgehead atoms. The van der Waals surface area contributed by atoms with Crippen LogP contribution in [-0.4, -0.2) is 10.2 Å². The summed E-state index contributed by atoms with van der Waals surface area (Å²) in [5.74, 6) is 2.32. The second kappa shape index (κ2) is 5.39. The highest BCUT2D eigenvalue weighted by Crippen LogP contribution is 2.67. The fourth-order valence-electron chi connectivity index (χ4n) is 4.37. The maximum atomic E-state index is 12.5. The van der Waals surface area contributed by atoms with Crippen molar-refractivity contribution in [1.29, 1.82) is 0 Å². The Bertz CT molecular complexity index is 581. The van der Waals surface area contributed by atoms with Gasteiger partial charge in [-0.2, -0.15) is 0 Å². The van der Waals surface area contributed by atoms with E-state index in [1.165, 1.54) is 0 Å². The number of benzene rings is 1. The van der Waals surface area contributed by atoms with Crippen LogP contribution in [0.3, 0.4) is 0 Å². The maximum absolute atomic E-state index is 12.5. The molecule has 3 aliphatic rings. The predicted octanol–water partition coefficient (Wildman–Crippen LogP) is 5.24. The molecule has 3 fully saturated rings. The summed E-state index contributed by atoms with van der Waals surface area (Å²) in [5.41, 5.74) is 0.871. The zero-order valence-electron chi connectivity index (χ0n) is 12.1. The van der Waals surface area contributed by atoms with Crippen molar-refractivity contribution in [3.05, 3.63) is 28.7 Å². The van der Waals surface area contributed by atoms with Gasteiger partial charge in [-0.3, -0.25) is 4.79 Å². The van der Waals surface area contributed by atoms with E-state index in [2.05, 4.69) is 21.2 Å². The zero-order chi connectivity index (χ0) is 15.5. The van der Waals surface area contributed by atoms with Gasteiger partial charge in [0, 0.05) is 16.1 Å². The van der Waals surface area contributed by atoms with Crippen molar-refractivity contribution >= 4 is 50.7 Å². The van der Waals surface area contributed by atoms with Crippen LogP contribution in [0.5, 0.6) is 0 Å². The lowest BCUT2D eigenvalue weighted by molar-refractivity contribution is -0.117. The highest BCUT2D eigenvalue weighted by atomic mass is 79.9. The number of alkyl halides is 2. The third-order valence-corrected chi connectivity index (χ3v) is 7.38. The first-order valence-electron chi connectivity index (χ1n) is 7.92. The molecule has 0 radical (unpaired) electrons. The van der Waals surface area contributed by atoms with Crippen LogP contribution in [-0.2, 0) is 4.79 Å². The highest BCUT2D eigenvalue weighted by molar-refractivity contribution is 9.10. The van der Waals surface area contributed by atoms with Crippen molar-refractivity contribution < 1.29 is 4.79 Å². The number of nitrogens with one attached hydrogen (secondary N) is 1. The molecule has 0 aliphatic heterocycles. The van der Waals surface area contributed by atoms with Crippen molar-refractivity contribution in [2.75, 3.05) is 5.32 Å². The minimum atomic E-state index is -0.480. The lowest BCUT2D eigenvalue weighted by atomic mass is 10.0. The van der Waals surface area contributed by atoms with Crippen molar-refractivity contribution in [3.8, 4) is 0 Å². The molecule has 0 aromatic heterocycles. The maximum Gasteiger partial charge on any atom is 0.228 e. The lowest BCUT2D eigenvalue weighted by Crippen LogP contribution is -2.15. The highest BCUT2D eigenvalue weighted by Gasteiger charge is 2.65. The Kier molecular flexibility index (Phi) is 3.75. The van der Waals surface area contributed by atoms with E-state index in [0.29, 0.717) is 23.7 Å². The minimum absolute atomic E-state index is 0.177. The van der Waals surface area contributed by atoms with Crippen LogP contribution in [0.15, 0.2) is 28.7 Å². The van der Waals surface area contributed by atoms with Gasteiger partial charge in [0.05, 0.1) is 0 Å². The molecule has 0 spiro atoms. The topological polar surface area (TPSA) is 29.1 Å². The van der Waals surface area contributed by atoms with Gasteiger partial charge in [0.1, 0.15) is 4.33 Å². The van der Waals surface area contributed by atoms with E-state index in [4.69, 9.17) is 23.2 Å². The van der Waals surface area contributed by atoms with Gasteiger partial charge in [0.25, 0.3) is 0 Å². The molecule has 22 heavy (non-hydrogen) atoms. The first kappa shape index (κ1) is 15.3. The molecule has 2 nitrogen and oxygen atoms in total. The summed E-state index contributed by atoms with van der Waals surface area (Å²) in [6.45, 7) is 0. The van der Waals surface area contributed by atoms with E-state index in [9.17, 15) is 4.79 Å². The van der Waals surface area contributed by atoms with Gasteiger partial charge in [0.15, 0.2) is 0 Å². The number of fused-ring (bicyclic) bond motifs is 2. The average molecular weight is 403 g/mol. The number of hydrogen-bond acceptors (Lipinski definition) is 1. The van der Waals surface area contributed by atoms with Crippen molar-refractivity contribution in [2.24, 2.45) is 29.6 Å². The van der Waals surface area contributed by atoms with Crippen LogP contribution >= 0.6 is 39.1 Å². The predicted molar refractivity (Wildman–Crippen MR) is 93.1 cm³/mol. The molecule has 1 aromatic rings. The fourth-order valence-corrected chi connectivity index (χ4v) is 5.55. The van der Waals surface area contributed by atoms with Crippen molar-refractivity contribution in [2.45, 2.75) is 30.0 Å². The SMILES string of the molecule is O=C(Nc1ccc(Br)cc1)C1[C@H]2CC[C@H]3[C@@H](CC[C@@H]12)C3(Cl)Cl. The van der Waals surface area contributed by atoms with Crippen molar-refractivity contribution in [3.63, 3.8) is 0 Å². The van der Waals surface area contributed by atoms with Crippen LogP contribution in [0.4, 0.5) is 5.69 Å². The molecule has 118 valence electrons. The third-order valence-electron chi connectivity index (χ3n) is 5.73. The summed E-state index contributed by atoms with van der Waals surface area (Å²) in [6.07, 6.45) is 4.32. The van der Waals surface area contributed by atoms with Crippen LogP contribution in [0.2, 0.25) is 0 Å². The van der Waals surface area contributed by atoms with Crippen LogP contribution < -0.4 is 5.32 Å². The molecule has 4 rings (SSSR count). The molecule has 1 amide bonds. The smallest absolute Gasteiger partial charge is 0.228 e. The number of carbonyl (C=O) groups excluding carboxylic acids is 1. The molecule has 1 aromatic carbocycles. The Morgan fingerprint density at radius 3 is 2.14 bits per heavy atom. The molecule has 0 saturated heterocycles. The van der Waals surface area contributed by atoms with E-state index in [-0.39, 0.29) is 11.8 Å². The zero-order valence-corrected chi connectivity index (χ0v) is 15.2. The monoisotopic (exact) mass is 401 g/mol. The van der Waals surface area contributed by atoms with Gasteiger partial charge in [-0.05, 0) is 73.6 Å². The second-order valence-corrected chi connectivity index (χ2v) is 9.25. The van der Waals surface area contributed by atoms with Crippen molar-refractivity contribution in [1.82, 2.24) is 0 Å². The summed E-state index contributed by atoms with van der Waals surface area (Å²) >= 11 is 16.0. The molecular formula is C17H18BrCl2NO. The molecule has 5 atom stereocenters. The standard InChI is InChI=1S/C17H18BrCl2NO/c18-9-1-3-10(4-2-9)21-16(22)15-11-5-7-13-14(17(13,19)20)8-6-12(11)15/h1-4,11-15H,5-8H2,(H,21,22)/t11-,12+,13-,14+,15?. The molecule has 1 N–H and O–H groups in total. The quantitative estimate of drug-likeness (QED) is 0.673. The molecular weight excluding hydrogens is 385 g/mol. The van der Waals surface area contributed by atoms with Gasteiger partial charge >= 0.3 is 0 Å². The Labute approximate surface area is 149 Å². The van der Waals surface area contributed by atoms with Gasteiger partial charge in [-0.1, -0.05) is 15.9 Å². The fraction of sp³-hybridized carbons (Fsp3) is 0.588. The lowest BCUT2D eigenvalue weighted by Gasteiger charge is -2.05. The third kappa shape index (κ3) is 2.59. The second-order valence-electron chi connectivity index (χ2n) is 6.89. The van der Waals surface area contributed by atoms with Crippen LogP contribution in [0.25, 0.3) is 0 Å². The normalized spacial score (nSPS) is 38.0. The molecule has 3 aliphatic carbocycles. The molecule has 5 heteroatoms. The summed E-state index contributed by atoms with van der Waals surface area (Å²) in [5, 5.41) is 3.06. The number of anilines is 1. The summed E-state index contributed by atoms with van der Waals surface area (Å²) in [6, 6.07) is 7.74. The Morgan fingerprint density at radius 2 is 1.59 bits per heavy atom. The summed E-state index contributed by atoms with van der Waals surface area (Å²) in [4.78, 5) is 12.5. The minimum Gasteiger partial charge on any atom is -0.326 e. The van der Waals surface area contributed by atoms with Gasteiger partial charge in [-0.25, -0.2) is 0 Å². The van der Waals surface area contributed by atoms with E-state index >= 15 is 0 Å². The molecule has 0 heterocycles. The van der Waals surface area contributed by atoms with Gasteiger partial charge < -0.3 is 5.32 Å². The van der Waals surface area contributed by atoms with E-state index in [0.717, 1.165) is 35.8 Å². The first-order chi connectivity index (χ1) is 10.5. The number of carbonyl (C=O) groups is 1. The van der Waals surface area contributed by atoms with E-state index in [1.54, 1.807) is 0 Å². The summed E-state index contributed by atoms with van der Waals surface area (Å²) in [7, 11) is 0.